The number of amides is 1. The summed E-state index contributed by atoms with van der Waals surface area (Å²) in [5.74, 6) is -0.569. The SMILES string of the molecule is Cc1ccc(F)cc1C(=O)N(C)Cc1ccc(Br)cc1. The zero-order valence-electron chi connectivity index (χ0n) is 11.4. The van der Waals surface area contributed by atoms with Crippen molar-refractivity contribution < 1.29 is 9.18 Å². The molecule has 0 unspecified atom stereocenters. The van der Waals surface area contributed by atoms with Gasteiger partial charge in [0.1, 0.15) is 5.82 Å². The molecule has 0 N–H and O–H groups in total. The number of rotatable bonds is 3. The first-order valence-corrected chi connectivity index (χ1v) is 7.03. The van der Waals surface area contributed by atoms with Crippen molar-refractivity contribution in [2.24, 2.45) is 0 Å². The van der Waals surface area contributed by atoms with E-state index in [1.807, 2.05) is 24.3 Å². The molecule has 0 fully saturated rings. The third-order valence-electron chi connectivity index (χ3n) is 3.11. The molecule has 20 heavy (non-hydrogen) atoms. The summed E-state index contributed by atoms with van der Waals surface area (Å²) >= 11 is 3.37. The van der Waals surface area contributed by atoms with Crippen LogP contribution in [-0.2, 0) is 6.54 Å². The normalized spacial score (nSPS) is 10.4. The minimum absolute atomic E-state index is 0.176. The van der Waals surface area contributed by atoms with Crippen LogP contribution in [0.3, 0.4) is 0 Å². The maximum atomic E-state index is 13.3. The number of nitrogens with zero attached hydrogens (tertiary/aromatic N) is 1. The van der Waals surface area contributed by atoms with Crippen LogP contribution in [0.2, 0.25) is 0 Å². The molecule has 0 heterocycles. The van der Waals surface area contributed by atoms with Crippen molar-refractivity contribution in [2.45, 2.75) is 13.5 Å². The molecule has 0 saturated carbocycles. The van der Waals surface area contributed by atoms with E-state index in [-0.39, 0.29) is 5.91 Å². The second kappa shape index (κ2) is 6.18. The van der Waals surface area contributed by atoms with Gasteiger partial charge in [0.15, 0.2) is 0 Å². The predicted octanol–water partition coefficient (Wildman–Crippen LogP) is 4.17. The van der Waals surface area contributed by atoms with E-state index in [1.165, 1.54) is 12.1 Å². The summed E-state index contributed by atoms with van der Waals surface area (Å²) in [4.78, 5) is 13.9. The monoisotopic (exact) mass is 335 g/mol. The van der Waals surface area contributed by atoms with Gasteiger partial charge in [-0.15, -0.1) is 0 Å². The van der Waals surface area contributed by atoms with Crippen molar-refractivity contribution >= 4 is 21.8 Å². The third kappa shape index (κ3) is 3.45. The Labute approximate surface area is 126 Å². The zero-order chi connectivity index (χ0) is 14.7. The van der Waals surface area contributed by atoms with E-state index in [9.17, 15) is 9.18 Å². The van der Waals surface area contributed by atoms with E-state index in [1.54, 1.807) is 24.9 Å². The van der Waals surface area contributed by atoms with Gasteiger partial charge in [0.2, 0.25) is 0 Å². The molecule has 2 rings (SSSR count). The summed E-state index contributed by atoms with van der Waals surface area (Å²) in [7, 11) is 1.72. The molecule has 2 nitrogen and oxygen atoms in total. The van der Waals surface area contributed by atoms with Gasteiger partial charge in [-0.1, -0.05) is 34.1 Å². The number of carbonyl (C=O) groups is 1. The summed E-state index contributed by atoms with van der Waals surface area (Å²) in [5.41, 5.74) is 2.21. The molecule has 0 radical (unpaired) electrons. The smallest absolute Gasteiger partial charge is 0.254 e. The van der Waals surface area contributed by atoms with E-state index < -0.39 is 5.82 Å². The lowest BCUT2D eigenvalue weighted by molar-refractivity contribution is 0.0784. The molecule has 4 heteroatoms. The Hall–Kier alpha value is -1.68. The highest BCUT2D eigenvalue weighted by molar-refractivity contribution is 9.10. The van der Waals surface area contributed by atoms with Gasteiger partial charge >= 0.3 is 0 Å². The van der Waals surface area contributed by atoms with Crippen LogP contribution in [0, 0.1) is 12.7 Å². The molecule has 2 aromatic rings. The first-order chi connectivity index (χ1) is 9.47. The molecular formula is C16H15BrFNO. The van der Waals surface area contributed by atoms with Crippen LogP contribution in [0.5, 0.6) is 0 Å². The molecule has 1 amide bonds. The van der Waals surface area contributed by atoms with Crippen molar-refractivity contribution in [2.75, 3.05) is 7.05 Å². The summed E-state index contributed by atoms with van der Waals surface area (Å²) in [6.45, 7) is 2.29. The second-order valence-corrected chi connectivity index (χ2v) is 5.66. The van der Waals surface area contributed by atoms with Crippen LogP contribution in [0.1, 0.15) is 21.5 Å². The molecule has 104 valence electrons. The number of carbonyl (C=O) groups excluding carboxylic acids is 1. The van der Waals surface area contributed by atoms with Gasteiger partial charge in [0.25, 0.3) is 5.91 Å². The molecular weight excluding hydrogens is 321 g/mol. The Kier molecular flexibility index (Phi) is 4.55. The number of hydrogen-bond donors (Lipinski definition) is 0. The minimum atomic E-state index is -0.393. The van der Waals surface area contributed by atoms with Crippen LogP contribution in [0.4, 0.5) is 4.39 Å². The van der Waals surface area contributed by atoms with Crippen molar-refractivity contribution in [1.29, 1.82) is 0 Å². The highest BCUT2D eigenvalue weighted by atomic mass is 79.9. The summed E-state index contributed by atoms with van der Waals surface area (Å²) < 4.78 is 14.3. The van der Waals surface area contributed by atoms with Gasteiger partial charge in [-0.25, -0.2) is 4.39 Å². The second-order valence-electron chi connectivity index (χ2n) is 4.75. The lowest BCUT2D eigenvalue weighted by Gasteiger charge is -2.18. The van der Waals surface area contributed by atoms with Crippen molar-refractivity contribution in [1.82, 2.24) is 4.90 Å². The van der Waals surface area contributed by atoms with E-state index >= 15 is 0 Å². The molecule has 0 aliphatic heterocycles. The van der Waals surface area contributed by atoms with Gasteiger partial charge in [-0.3, -0.25) is 4.79 Å². The third-order valence-corrected chi connectivity index (χ3v) is 3.64. The van der Waals surface area contributed by atoms with Crippen molar-refractivity contribution in [3.05, 3.63) is 69.4 Å². The molecule has 2 aromatic carbocycles. The fourth-order valence-electron chi connectivity index (χ4n) is 1.97. The quantitative estimate of drug-likeness (QED) is 0.824. The van der Waals surface area contributed by atoms with E-state index in [0.717, 1.165) is 15.6 Å². The fourth-order valence-corrected chi connectivity index (χ4v) is 2.23. The van der Waals surface area contributed by atoms with Gasteiger partial charge in [-0.05, 0) is 42.3 Å². The standard InChI is InChI=1S/C16H15BrFNO/c1-11-3-8-14(18)9-15(11)16(20)19(2)10-12-4-6-13(17)7-5-12/h3-9H,10H2,1-2H3. The molecule has 0 saturated heterocycles. The van der Waals surface area contributed by atoms with Crippen LogP contribution < -0.4 is 0 Å². The minimum Gasteiger partial charge on any atom is -0.337 e. The molecule has 0 aliphatic carbocycles. The molecule has 0 spiro atoms. The first kappa shape index (κ1) is 14.7. The van der Waals surface area contributed by atoms with Crippen molar-refractivity contribution in [3.8, 4) is 0 Å². The number of aryl methyl sites for hydroxylation is 1. The average molecular weight is 336 g/mol. The Morgan fingerprint density at radius 1 is 1.20 bits per heavy atom. The average Bonchev–Trinajstić information content (AvgIpc) is 2.43. The Morgan fingerprint density at radius 2 is 1.85 bits per heavy atom. The maximum Gasteiger partial charge on any atom is 0.254 e. The fraction of sp³-hybridized carbons (Fsp3) is 0.188. The van der Waals surface area contributed by atoms with Crippen LogP contribution >= 0.6 is 15.9 Å². The number of hydrogen-bond acceptors (Lipinski definition) is 1. The number of benzene rings is 2. The van der Waals surface area contributed by atoms with E-state index in [4.69, 9.17) is 0 Å². The van der Waals surface area contributed by atoms with Gasteiger partial charge in [0, 0.05) is 23.6 Å². The van der Waals surface area contributed by atoms with Crippen LogP contribution in [-0.4, -0.2) is 17.9 Å². The number of halogens is 2. The Morgan fingerprint density at radius 3 is 2.50 bits per heavy atom. The molecule has 0 bridgehead atoms. The van der Waals surface area contributed by atoms with Gasteiger partial charge in [0.05, 0.1) is 0 Å². The topological polar surface area (TPSA) is 20.3 Å². The highest BCUT2D eigenvalue weighted by Gasteiger charge is 2.15. The lowest BCUT2D eigenvalue weighted by atomic mass is 10.1. The van der Waals surface area contributed by atoms with Crippen LogP contribution in [0.25, 0.3) is 0 Å². The van der Waals surface area contributed by atoms with Crippen molar-refractivity contribution in [3.63, 3.8) is 0 Å². The van der Waals surface area contributed by atoms with E-state index in [2.05, 4.69) is 15.9 Å². The Balaban J connectivity index is 2.16. The summed E-state index contributed by atoms with van der Waals surface area (Å²) in [6.07, 6.45) is 0. The molecule has 0 atom stereocenters. The van der Waals surface area contributed by atoms with E-state index in [0.29, 0.717) is 12.1 Å². The Bertz CT molecular complexity index is 625. The predicted molar refractivity (Wildman–Crippen MR) is 81.1 cm³/mol. The first-order valence-electron chi connectivity index (χ1n) is 6.23. The summed E-state index contributed by atoms with van der Waals surface area (Å²) in [5, 5.41) is 0. The zero-order valence-corrected chi connectivity index (χ0v) is 12.9. The van der Waals surface area contributed by atoms with Gasteiger partial charge < -0.3 is 4.90 Å². The largest absolute Gasteiger partial charge is 0.337 e. The summed E-state index contributed by atoms with van der Waals surface area (Å²) in [6, 6.07) is 12.0. The van der Waals surface area contributed by atoms with Gasteiger partial charge in [-0.2, -0.15) is 0 Å². The maximum absolute atomic E-state index is 13.3. The van der Waals surface area contributed by atoms with Crippen LogP contribution in [0.15, 0.2) is 46.9 Å². The highest BCUT2D eigenvalue weighted by Crippen LogP contribution is 2.15. The molecule has 0 aromatic heterocycles. The molecule has 0 aliphatic rings. The lowest BCUT2D eigenvalue weighted by Crippen LogP contribution is -2.27.